The number of alkyl halides is 2. The Morgan fingerprint density at radius 2 is 1.79 bits per heavy atom. The summed E-state index contributed by atoms with van der Waals surface area (Å²) in [5.41, 5.74) is 0.791. The monoisotopic (exact) mass is 393 g/mol. The van der Waals surface area contributed by atoms with Gasteiger partial charge >= 0.3 is 6.61 Å². The van der Waals surface area contributed by atoms with E-state index in [1.54, 1.807) is 26.3 Å². The highest BCUT2D eigenvalue weighted by atomic mass is 19.3. The van der Waals surface area contributed by atoms with Crippen molar-refractivity contribution in [1.82, 2.24) is 10.6 Å². The standard InChI is InChI=1S/C20H25F2N3O3/c1-14(27-18-10-5-4-9-17(18)26-3)12-24-20(23-2)25-13-15-7-6-8-16(11-15)28-19(21)22/h4-11,14,19H,12-13H2,1-3H3,(H2,23,24,25). The highest BCUT2D eigenvalue weighted by Gasteiger charge is 2.10. The first kappa shape index (κ1) is 21.3. The largest absolute Gasteiger partial charge is 0.493 e. The Kier molecular flexibility index (Phi) is 8.33. The van der Waals surface area contributed by atoms with E-state index in [-0.39, 0.29) is 11.9 Å². The molecule has 0 spiro atoms. The summed E-state index contributed by atoms with van der Waals surface area (Å²) >= 11 is 0. The van der Waals surface area contributed by atoms with Crippen molar-refractivity contribution in [3.05, 3.63) is 54.1 Å². The normalized spacial score (nSPS) is 12.4. The number of benzene rings is 2. The van der Waals surface area contributed by atoms with Crippen molar-refractivity contribution in [2.75, 3.05) is 20.7 Å². The van der Waals surface area contributed by atoms with Crippen LogP contribution in [0.3, 0.4) is 0 Å². The highest BCUT2D eigenvalue weighted by molar-refractivity contribution is 5.79. The van der Waals surface area contributed by atoms with E-state index < -0.39 is 6.61 Å². The molecule has 2 aromatic carbocycles. The number of hydrogen-bond acceptors (Lipinski definition) is 4. The van der Waals surface area contributed by atoms with Crippen molar-refractivity contribution in [3.8, 4) is 17.2 Å². The molecule has 0 aliphatic heterocycles. The first-order valence-corrected chi connectivity index (χ1v) is 8.79. The van der Waals surface area contributed by atoms with Gasteiger partial charge in [-0.1, -0.05) is 24.3 Å². The van der Waals surface area contributed by atoms with Crippen LogP contribution in [-0.4, -0.2) is 39.4 Å². The van der Waals surface area contributed by atoms with Gasteiger partial charge in [-0.25, -0.2) is 0 Å². The maximum atomic E-state index is 12.3. The van der Waals surface area contributed by atoms with E-state index in [4.69, 9.17) is 9.47 Å². The lowest BCUT2D eigenvalue weighted by atomic mass is 10.2. The van der Waals surface area contributed by atoms with Crippen LogP contribution in [0, 0.1) is 0 Å². The molecular formula is C20H25F2N3O3. The quantitative estimate of drug-likeness (QED) is 0.505. The van der Waals surface area contributed by atoms with Gasteiger partial charge in [0.15, 0.2) is 17.5 Å². The van der Waals surface area contributed by atoms with Gasteiger partial charge in [-0.05, 0) is 36.8 Å². The first-order valence-electron chi connectivity index (χ1n) is 8.79. The van der Waals surface area contributed by atoms with Crippen LogP contribution in [0.4, 0.5) is 8.78 Å². The molecule has 1 atom stereocenters. The summed E-state index contributed by atoms with van der Waals surface area (Å²) in [5, 5.41) is 6.29. The van der Waals surface area contributed by atoms with E-state index in [0.29, 0.717) is 30.5 Å². The lowest BCUT2D eigenvalue weighted by Gasteiger charge is -2.19. The number of nitrogens with one attached hydrogen (secondary N) is 2. The summed E-state index contributed by atoms with van der Waals surface area (Å²) in [6.45, 7) is -0.00576. The third kappa shape index (κ3) is 6.94. The maximum Gasteiger partial charge on any atom is 0.387 e. The van der Waals surface area contributed by atoms with E-state index >= 15 is 0 Å². The summed E-state index contributed by atoms with van der Waals surface area (Å²) in [4.78, 5) is 4.15. The number of ether oxygens (including phenoxy) is 3. The second-order valence-corrected chi connectivity index (χ2v) is 5.91. The molecule has 0 radical (unpaired) electrons. The Balaban J connectivity index is 1.82. The fourth-order valence-electron chi connectivity index (χ4n) is 2.45. The Morgan fingerprint density at radius 3 is 2.46 bits per heavy atom. The third-order valence-corrected chi connectivity index (χ3v) is 3.76. The van der Waals surface area contributed by atoms with E-state index in [9.17, 15) is 8.78 Å². The molecule has 0 saturated carbocycles. The van der Waals surface area contributed by atoms with Crippen molar-refractivity contribution in [1.29, 1.82) is 0 Å². The van der Waals surface area contributed by atoms with Gasteiger partial charge in [0.25, 0.3) is 0 Å². The number of hydrogen-bond donors (Lipinski definition) is 2. The molecule has 0 bridgehead atoms. The number of rotatable bonds is 9. The van der Waals surface area contributed by atoms with Gasteiger partial charge in [0, 0.05) is 13.6 Å². The topological polar surface area (TPSA) is 64.1 Å². The second kappa shape index (κ2) is 11.0. The average Bonchev–Trinajstić information content (AvgIpc) is 2.68. The van der Waals surface area contributed by atoms with Crippen molar-refractivity contribution in [2.45, 2.75) is 26.2 Å². The zero-order valence-corrected chi connectivity index (χ0v) is 16.1. The number of methoxy groups -OCH3 is 1. The van der Waals surface area contributed by atoms with Gasteiger partial charge < -0.3 is 24.8 Å². The Labute approximate surface area is 163 Å². The molecule has 0 heterocycles. The summed E-state index contributed by atoms with van der Waals surface area (Å²) in [6, 6.07) is 13.9. The number of aliphatic imine (C=N–C) groups is 1. The molecule has 2 N–H and O–H groups in total. The molecule has 0 amide bonds. The molecule has 28 heavy (non-hydrogen) atoms. The van der Waals surface area contributed by atoms with Gasteiger partial charge in [0.05, 0.1) is 13.7 Å². The zero-order chi connectivity index (χ0) is 20.4. The molecule has 0 aliphatic carbocycles. The van der Waals surface area contributed by atoms with Crippen LogP contribution in [-0.2, 0) is 6.54 Å². The van der Waals surface area contributed by atoms with Crippen LogP contribution in [0.2, 0.25) is 0 Å². The minimum atomic E-state index is -2.85. The SMILES string of the molecule is CN=C(NCc1cccc(OC(F)F)c1)NCC(C)Oc1ccccc1OC. The predicted octanol–water partition coefficient (Wildman–Crippen LogP) is 3.43. The Hall–Kier alpha value is -3.03. The van der Waals surface area contributed by atoms with Crippen LogP contribution >= 0.6 is 0 Å². The summed E-state index contributed by atoms with van der Waals surface area (Å²) in [7, 11) is 3.25. The molecule has 0 aromatic heterocycles. The van der Waals surface area contributed by atoms with E-state index in [1.807, 2.05) is 37.3 Å². The molecule has 152 valence electrons. The Bertz CT molecular complexity index is 772. The van der Waals surface area contributed by atoms with Gasteiger partial charge in [0.1, 0.15) is 11.9 Å². The molecule has 0 fully saturated rings. The van der Waals surface area contributed by atoms with Crippen molar-refractivity contribution < 1.29 is 23.0 Å². The van der Waals surface area contributed by atoms with E-state index in [0.717, 1.165) is 5.56 Å². The van der Waals surface area contributed by atoms with Gasteiger partial charge in [-0.2, -0.15) is 8.78 Å². The summed E-state index contributed by atoms with van der Waals surface area (Å²) < 4.78 is 40.2. The summed E-state index contributed by atoms with van der Waals surface area (Å²) in [6.07, 6.45) is -0.141. The second-order valence-electron chi connectivity index (χ2n) is 5.91. The van der Waals surface area contributed by atoms with Crippen LogP contribution in [0.1, 0.15) is 12.5 Å². The van der Waals surface area contributed by atoms with Crippen LogP contribution < -0.4 is 24.8 Å². The fraction of sp³-hybridized carbons (Fsp3) is 0.350. The summed E-state index contributed by atoms with van der Waals surface area (Å²) in [5.74, 6) is 2.02. The molecule has 6 nitrogen and oxygen atoms in total. The Morgan fingerprint density at radius 1 is 1.04 bits per heavy atom. The predicted molar refractivity (Wildman–Crippen MR) is 104 cm³/mol. The average molecular weight is 393 g/mol. The van der Waals surface area contributed by atoms with Crippen LogP contribution in [0.5, 0.6) is 17.2 Å². The van der Waals surface area contributed by atoms with Crippen molar-refractivity contribution in [2.24, 2.45) is 4.99 Å². The first-order chi connectivity index (χ1) is 13.5. The number of nitrogens with zero attached hydrogens (tertiary/aromatic N) is 1. The molecule has 0 saturated heterocycles. The van der Waals surface area contributed by atoms with E-state index in [1.165, 1.54) is 6.07 Å². The molecule has 8 heteroatoms. The van der Waals surface area contributed by atoms with Gasteiger partial charge in [-0.15, -0.1) is 0 Å². The molecule has 1 unspecified atom stereocenters. The minimum Gasteiger partial charge on any atom is -0.493 e. The molecule has 0 aliphatic rings. The highest BCUT2D eigenvalue weighted by Crippen LogP contribution is 2.26. The lowest BCUT2D eigenvalue weighted by Crippen LogP contribution is -2.41. The van der Waals surface area contributed by atoms with Crippen LogP contribution in [0.15, 0.2) is 53.5 Å². The minimum absolute atomic E-state index is 0.121. The lowest BCUT2D eigenvalue weighted by molar-refractivity contribution is -0.0498. The number of para-hydroxylation sites is 2. The maximum absolute atomic E-state index is 12.3. The molecular weight excluding hydrogens is 368 g/mol. The van der Waals surface area contributed by atoms with Crippen LogP contribution in [0.25, 0.3) is 0 Å². The molecule has 2 rings (SSSR count). The number of halogens is 2. The van der Waals surface area contributed by atoms with Crippen molar-refractivity contribution >= 4 is 5.96 Å². The van der Waals surface area contributed by atoms with Gasteiger partial charge in [-0.3, -0.25) is 4.99 Å². The third-order valence-electron chi connectivity index (χ3n) is 3.76. The van der Waals surface area contributed by atoms with Gasteiger partial charge in [0.2, 0.25) is 0 Å². The number of guanidine groups is 1. The smallest absolute Gasteiger partial charge is 0.387 e. The zero-order valence-electron chi connectivity index (χ0n) is 16.1. The van der Waals surface area contributed by atoms with E-state index in [2.05, 4.69) is 20.4 Å². The van der Waals surface area contributed by atoms with Crippen molar-refractivity contribution in [3.63, 3.8) is 0 Å². The molecule has 2 aromatic rings. The fourth-order valence-corrected chi connectivity index (χ4v) is 2.45.